The van der Waals surface area contributed by atoms with E-state index in [1.165, 1.54) is 12.3 Å². The van der Waals surface area contributed by atoms with Crippen molar-refractivity contribution in [1.82, 2.24) is 10.3 Å². The van der Waals surface area contributed by atoms with Crippen LogP contribution in [-0.4, -0.2) is 16.9 Å². The van der Waals surface area contributed by atoms with Gasteiger partial charge in [-0.05, 0) is 30.2 Å². The lowest BCUT2D eigenvalue weighted by Crippen LogP contribution is -2.37. The highest BCUT2D eigenvalue weighted by atomic mass is 19.1. The molecule has 0 saturated carbocycles. The van der Waals surface area contributed by atoms with E-state index in [1.807, 2.05) is 44.2 Å². The lowest BCUT2D eigenvalue weighted by molar-refractivity contribution is 0.0938. The van der Waals surface area contributed by atoms with Crippen molar-refractivity contribution < 1.29 is 9.18 Å². The molecule has 0 bridgehead atoms. The Bertz CT molecular complexity index is 987. The molecule has 1 N–H and O–H groups in total. The van der Waals surface area contributed by atoms with Gasteiger partial charge in [-0.1, -0.05) is 56.0 Å². The molecule has 26 heavy (non-hydrogen) atoms. The fraction of sp³-hybridized carbons (Fsp3) is 0.182. The van der Waals surface area contributed by atoms with Gasteiger partial charge in [0.1, 0.15) is 11.3 Å². The summed E-state index contributed by atoms with van der Waals surface area (Å²) in [6.07, 6.45) is 1.39. The molecule has 130 valence electrons. The molecule has 1 aromatic heterocycles. The van der Waals surface area contributed by atoms with Gasteiger partial charge in [-0.2, -0.15) is 0 Å². The Labute approximate surface area is 152 Å². The summed E-state index contributed by atoms with van der Waals surface area (Å²) in [6, 6.07) is 15.7. The minimum atomic E-state index is -0.400. The first kappa shape index (κ1) is 17.6. The number of halogens is 1. The maximum atomic E-state index is 13.7. The van der Waals surface area contributed by atoms with E-state index in [1.54, 1.807) is 18.2 Å². The van der Waals surface area contributed by atoms with Gasteiger partial charge in [-0.15, -0.1) is 0 Å². The predicted molar refractivity (Wildman–Crippen MR) is 101 cm³/mol. The van der Waals surface area contributed by atoms with Gasteiger partial charge in [-0.3, -0.25) is 9.78 Å². The first-order valence-electron chi connectivity index (χ1n) is 8.46. The summed E-state index contributed by atoms with van der Waals surface area (Å²) in [4.78, 5) is 16.7. The summed E-state index contributed by atoms with van der Waals surface area (Å²) in [5.41, 5.74) is 1.54. The minimum Gasteiger partial charge on any atom is -0.338 e. The Hall–Kier alpha value is -3.19. The van der Waals surface area contributed by atoms with Gasteiger partial charge in [0, 0.05) is 17.1 Å². The lowest BCUT2D eigenvalue weighted by atomic mass is 10.0. The Morgan fingerprint density at radius 2 is 1.88 bits per heavy atom. The van der Waals surface area contributed by atoms with Crippen LogP contribution in [-0.2, 0) is 0 Å². The van der Waals surface area contributed by atoms with Crippen LogP contribution in [0.5, 0.6) is 0 Å². The molecule has 0 aliphatic heterocycles. The monoisotopic (exact) mass is 346 g/mol. The number of hydrogen-bond acceptors (Lipinski definition) is 2. The summed E-state index contributed by atoms with van der Waals surface area (Å²) in [5, 5.41) is 3.53. The van der Waals surface area contributed by atoms with Gasteiger partial charge in [0.2, 0.25) is 0 Å². The van der Waals surface area contributed by atoms with E-state index in [0.29, 0.717) is 10.9 Å². The summed E-state index contributed by atoms with van der Waals surface area (Å²) >= 11 is 0. The van der Waals surface area contributed by atoms with E-state index in [9.17, 15) is 9.18 Å². The quantitative estimate of drug-likeness (QED) is 0.723. The molecule has 0 aliphatic rings. The molecule has 0 radical (unpaired) electrons. The molecule has 1 amide bonds. The molecule has 3 aromatic rings. The zero-order valence-electron chi connectivity index (χ0n) is 14.7. The number of pyridine rings is 1. The number of benzene rings is 2. The van der Waals surface area contributed by atoms with E-state index in [0.717, 1.165) is 5.56 Å². The standard InChI is InChI=1S/C22H19FN2O/c1-15(2)20(12-11-16-7-4-3-5-8-16)25-22(26)18-13-17-9-6-10-19(23)21(17)24-14-18/h3-10,13-15,20H,1-2H3,(H,25,26). The minimum absolute atomic E-state index is 0.140. The average Bonchev–Trinajstić information content (AvgIpc) is 2.65. The zero-order chi connectivity index (χ0) is 18.5. The van der Waals surface area contributed by atoms with Crippen LogP contribution in [0.15, 0.2) is 60.8 Å². The van der Waals surface area contributed by atoms with Crippen LogP contribution in [0, 0.1) is 23.6 Å². The van der Waals surface area contributed by atoms with Crippen molar-refractivity contribution in [3.63, 3.8) is 0 Å². The Balaban J connectivity index is 1.81. The Morgan fingerprint density at radius 3 is 2.62 bits per heavy atom. The van der Waals surface area contributed by atoms with Gasteiger partial charge in [0.05, 0.1) is 11.6 Å². The van der Waals surface area contributed by atoms with Crippen molar-refractivity contribution in [3.05, 3.63) is 77.7 Å². The number of aromatic nitrogens is 1. The number of nitrogens with one attached hydrogen (secondary N) is 1. The first-order valence-corrected chi connectivity index (χ1v) is 8.46. The fourth-order valence-corrected chi connectivity index (χ4v) is 2.52. The summed E-state index contributed by atoms with van der Waals surface area (Å²) in [6.45, 7) is 4.00. The first-order chi connectivity index (χ1) is 12.5. The van der Waals surface area contributed by atoms with Crippen LogP contribution in [0.1, 0.15) is 29.8 Å². The van der Waals surface area contributed by atoms with Gasteiger partial charge in [0.15, 0.2) is 0 Å². The molecular formula is C22H19FN2O. The normalized spacial score (nSPS) is 11.7. The number of amides is 1. The van der Waals surface area contributed by atoms with Crippen LogP contribution < -0.4 is 5.32 Å². The molecule has 0 saturated heterocycles. The third-order valence-corrected chi connectivity index (χ3v) is 4.02. The summed E-state index contributed by atoms with van der Waals surface area (Å²) in [7, 11) is 0. The van der Waals surface area contributed by atoms with Gasteiger partial charge in [0.25, 0.3) is 5.91 Å². The van der Waals surface area contributed by atoms with Gasteiger partial charge >= 0.3 is 0 Å². The van der Waals surface area contributed by atoms with E-state index in [-0.39, 0.29) is 23.4 Å². The maximum Gasteiger partial charge on any atom is 0.253 e. The van der Waals surface area contributed by atoms with Crippen LogP contribution in [0.2, 0.25) is 0 Å². The largest absolute Gasteiger partial charge is 0.338 e. The smallest absolute Gasteiger partial charge is 0.253 e. The second kappa shape index (κ2) is 7.79. The summed E-state index contributed by atoms with van der Waals surface area (Å²) in [5.74, 6) is 5.68. The molecule has 1 atom stereocenters. The molecule has 2 aromatic carbocycles. The molecule has 0 fully saturated rings. The number of hydrogen-bond donors (Lipinski definition) is 1. The van der Waals surface area contributed by atoms with Crippen molar-refractivity contribution in [2.75, 3.05) is 0 Å². The number of para-hydroxylation sites is 1. The molecule has 3 rings (SSSR count). The van der Waals surface area contributed by atoms with Crippen LogP contribution in [0.3, 0.4) is 0 Å². The van der Waals surface area contributed by atoms with Gasteiger partial charge < -0.3 is 5.32 Å². The van der Waals surface area contributed by atoms with E-state index in [4.69, 9.17) is 0 Å². The SMILES string of the molecule is CC(C)C(C#Cc1ccccc1)NC(=O)c1cnc2c(F)cccc2c1. The van der Waals surface area contributed by atoms with Crippen LogP contribution >= 0.6 is 0 Å². The topological polar surface area (TPSA) is 42.0 Å². The highest BCUT2D eigenvalue weighted by molar-refractivity contribution is 5.97. The molecular weight excluding hydrogens is 327 g/mol. The molecule has 0 aliphatic carbocycles. The van der Waals surface area contributed by atoms with Crippen molar-refractivity contribution in [2.45, 2.75) is 19.9 Å². The van der Waals surface area contributed by atoms with Gasteiger partial charge in [-0.25, -0.2) is 4.39 Å². The Kier molecular flexibility index (Phi) is 5.28. The molecule has 1 unspecified atom stereocenters. The van der Waals surface area contributed by atoms with E-state index < -0.39 is 5.82 Å². The van der Waals surface area contributed by atoms with Crippen molar-refractivity contribution in [2.24, 2.45) is 5.92 Å². The number of carbonyl (C=O) groups excluding carboxylic acids is 1. The summed E-state index contributed by atoms with van der Waals surface area (Å²) < 4.78 is 13.7. The number of fused-ring (bicyclic) bond motifs is 1. The molecule has 4 heteroatoms. The lowest BCUT2D eigenvalue weighted by Gasteiger charge is -2.17. The average molecular weight is 346 g/mol. The highest BCUT2D eigenvalue weighted by Crippen LogP contribution is 2.16. The second-order valence-corrected chi connectivity index (χ2v) is 6.37. The van der Waals surface area contributed by atoms with Crippen molar-refractivity contribution in [1.29, 1.82) is 0 Å². The molecule has 0 spiro atoms. The number of rotatable bonds is 3. The zero-order valence-corrected chi connectivity index (χ0v) is 14.7. The third-order valence-electron chi connectivity index (χ3n) is 4.02. The Morgan fingerprint density at radius 1 is 1.12 bits per heavy atom. The predicted octanol–water partition coefficient (Wildman–Crippen LogP) is 4.18. The second-order valence-electron chi connectivity index (χ2n) is 6.37. The number of carbonyl (C=O) groups is 1. The molecule has 3 nitrogen and oxygen atoms in total. The van der Waals surface area contributed by atoms with Crippen molar-refractivity contribution in [3.8, 4) is 11.8 Å². The van der Waals surface area contributed by atoms with Crippen LogP contribution in [0.25, 0.3) is 10.9 Å². The third kappa shape index (κ3) is 4.07. The van der Waals surface area contributed by atoms with Crippen LogP contribution in [0.4, 0.5) is 4.39 Å². The van der Waals surface area contributed by atoms with E-state index in [2.05, 4.69) is 22.1 Å². The maximum absolute atomic E-state index is 13.7. The number of nitrogens with zero attached hydrogens (tertiary/aromatic N) is 1. The fourth-order valence-electron chi connectivity index (χ4n) is 2.52. The molecule has 1 heterocycles. The van der Waals surface area contributed by atoms with E-state index >= 15 is 0 Å². The van der Waals surface area contributed by atoms with Crippen molar-refractivity contribution >= 4 is 16.8 Å². The highest BCUT2D eigenvalue weighted by Gasteiger charge is 2.16.